The zero-order valence-electron chi connectivity index (χ0n) is 11.6. The average Bonchev–Trinajstić information content (AvgIpc) is 2.66. The first-order chi connectivity index (χ1) is 8.75. The van der Waals surface area contributed by atoms with Crippen LogP contribution in [-0.2, 0) is 6.42 Å². The number of benzene rings is 1. The number of aryl methyl sites for hydroxylation is 2. The molecule has 0 heterocycles. The Labute approximate surface area is 111 Å². The van der Waals surface area contributed by atoms with Gasteiger partial charge in [0.1, 0.15) is 0 Å². The lowest BCUT2D eigenvalue weighted by molar-refractivity contribution is 0.0904. The first-order valence-electron chi connectivity index (χ1n) is 7.49. The number of aliphatic hydroxyl groups excluding tert-OH is 1. The van der Waals surface area contributed by atoms with Crippen LogP contribution in [0.1, 0.15) is 56.1 Å². The van der Waals surface area contributed by atoms with Crippen LogP contribution in [0.3, 0.4) is 0 Å². The Hall–Kier alpha value is -0.820. The highest BCUT2D eigenvalue weighted by molar-refractivity contribution is 5.21. The van der Waals surface area contributed by atoms with E-state index in [1.807, 2.05) is 0 Å². The molecule has 1 aromatic rings. The van der Waals surface area contributed by atoms with Gasteiger partial charge in [-0.1, -0.05) is 55.5 Å². The molecule has 0 bridgehead atoms. The summed E-state index contributed by atoms with van der Waals surface area (Å²) in [6, 6.07) is 8.70. The molecule has 1 fully saturated rings. The summed E-state index contributed by atoms with van der Waals surface area (Å²) in [5.41, 5.74) is 2.66. The van der Waals surface area contributed by atoms with Gasteiger partial charge in [0.2, 0.25) is 0 Å². The molecule has 1 aliphatic rings. The molecule has 1 nitrogen and oxygen atoms in total. The SMILES string of the molecule is Cc1ccc(CCC(O)C2CCCCCC2)cc1. The molecule has 0 aliphatic heterocycles. The standard InChI is InChI=1S/C17H26O/c1-14-8-10-15(11-9-14)12-13-17(18)16-6-4-2-3-5-7-16/h8-11,16-18H,2-7,12-13H2,1H3. The van der Waals surface area contributed by atoms with Gasteiger partial charge in [0.05, 0.1) is 6.10 Å². The molecule has 1 unspecified atom stereocenters. The number of hydrogen-bond donors (Lipinski definition) is 1. The largest absolute Gasteiger partial charge is 0.393 e. The molecule has 18 heavy (non-hydrogen) atoms. The van der Waals surface area contributed by atoms with Gasteiger partial charge in [0.15, 0.2) is 0 Å². The third kappa shape index (κ3) is 4.13. The van der Waals surface area contributed by atoms with Crippen molar-refractivity contribution in [3.8, 4) is 0 Å². The fraction of sp³-hybridized carbons (Fsp3) is 0.647. The Morgan fingerprint density at radius 1 is 1.06 bits per heavy atom. The van der Waals surface area contributed by atoms with Crippen molar-refractivity contribution in [2.45, 2.75) is 64.4 Å². The van der Waals surface area contributed by atoms with Crippen molar-refractivity contribution >= 4 is 0 Å². The molecule has 0 aromatic heterocycles. The van der Waals surface area contributed by atoms with Crippen molar-refractivity contribution in [2.24, 2.45) is 5.92 Å². The van der Waals surface area contributed by atoms with Gasteiger partial charge < -0.3 is 5.11 Å². The molecule has 1 heteroatoms. The third-order valence-corrected chi connectivity index (χ3v) is 4.29. The van der Waals surface area contributed by atoms with E-state index in [2.05, 4.69) is 31.2 Å². The van der Waals surface area contributed by atoms with Crippen LogP contribution in [0.5, 0.6) is 0 Å². The van der Waals surface area contributed by atoms with Crippen molar-refractivity contribution in [1.29, 1.82) is 0 Å². The molecule has 2 rings (SSSR count). The van der Waals surface area contributed by atoms with E-state index < -0.39 is 0 Å². The molecule has 0 spiro atoms. The minimum absolute atomic E-state index is 0.0931. The highest BCUT2D eigenvalue weighted by atomic mass is 16.3. The fourth-order valence-corrected chi connectivity index (χ4v) is 3.00. The van der Waals surface area contributed by atoms with Gasteiger partial charge in [-0.2, -0.15) is 0 Å². The molecule has 1 N–H and O–H groups in total. The van der Waals surface area contributed by atoms with Crippen LogP contribution < -0.4 is 0 Å². The maximum atomic E-state index is 10.3. The Kier molecular flexibility index (Phi) is 5.25. The summed E-state index contributed by atoms with van der Waals surface area (Å²) in [5, 5.41) is 10.3. The van der Waals surface area contributed by atoms with Crippen molar-refractivity contribution in [3.63, 3.8) is 0 Å². The van der Waals surface area contributed by atoms with Crippen LogP contribution in [0.25, 0.3) is 0 Å². The lowest BCUT2D eigenvalue weighted by Crippen LogP contribution is -2.20. The zero-order chi connectivity index (χ0) is 12.8. The van der Waals surface area contributed by atoms with Crippen molar-refractivity contribution in [1.82, 2.24) is 0 Å². The molecule has 100 valence electrons. The average molecular weight is 246 g/mol. The molecule has 1 saturated carbocycles. The minimum atomic E-state index is -0.0931. The normalized spacial score (nSPS) is 19.4. The van der Waals surface area contributed by atoms with Crippen LogP contribution in [0.15, 0.2) is 24.3 Å². The van der Waals surface area contributed by atoms with Gasteiger partial charge in [-0.3, -0.25) is 0 Å². The minimum Gasteiger partial charge on any atom is -0.393 e. The van der Waals surface area contributed by atoms with Crippen LogP contribution in [0, 0.1) is 12.8 Å². The van der Waals surface area contributed by atoms with E-state index in [1.165, 1.54) is 49.7 Å². The molecule has 0 radical (unpaired) electrons. The van der Waals surface area contributed by atoms with Gasteiger partial charge in [-0.05, 0) is 44.1 Å². The first-order valence-corrected chi connectivity index (χ1v) is 7.49. The summed E-state index contributed by atoms with van der Waals surface area (Å²) in [5.74, 6) is 0.554. The Bertz CT molecular complexity index is 333. The van der Waals surface area contributed by atoms with E-state index in [-0.39, 0.29) is 6.10 Å². The van der Waals surface area contributed by atoms with Crippen molar-refractivity contribution < 1.29 is 5.11 Å². The smallest absolute Gasteiger partial charge is 0.0571 e. The van der Waals surface area contributed by atoms with E-state index in [9.17, 15) is 5.11 Å². The maximum Gasteiger partial charge on any atom is 0.0571 e. The van der Waals surface area contributed by atoms with E-state index in [1.54, 1.807) is 0 Å². The second kappa shape index (κ2) is 6.94. The van der Waals surface area contributed by atoms with Crippen LogP contribution >= 0.6 is 0 Å². The Balaban J connectivity index is 1.79. The monoisotopic (exact) mass is 246 g/mol. The zero-order valence-corrected chi connectivity index (χ0v) is 11.6. The number of rotatable bonds is 4. The second-order valence-corrected chi connectivity index (χ2v) is 5.84. The molecular formula is C17H26O. The predicted octanol–water partition coefficient (Wildman–Crippen LogP) is 4.26. The van der Waals surface area contributed by atoms with Gasteiger partial charge in [0, 0.05) is 0 Å². The van der Waals surface area contributed by atoms with E-state index in [0.717, 1.165) is 12.8 Å². The highest BCUT2D eigenvalue weighted by Crippen LogP contribution is 2.27. The molecule has 1 aromatic carbocycles. The summed E-state index contributed by atoms with van der Waals surface area (Å²) in [7, 11) is 0. The molecular weight excluding hydrogens is 220 g/mol. The van der Waals surface area contributed by atoms with Crippen LogP contribution in [0.4, 0.5) is 0 Å². The quantitative estimate of drug-likeness (QED) is 0.787. The third-order valence-electron chi connectivity index (χ3n) is 4.29. The second-order valence-electron chi connectivity index (χ2n) is 5.84. The summed E-state index contributed by atoms with van der Waals surface area (Å²) < 4.78 is 0. The highest BCUT2D eigenvalue weighted by Gasteiger charge is 2.20. The molecule has 0 saturated heterocycles. The summed E-state index contributed by atoms with van der Waals surface area (Å²) >= 11 is 0. The molecule has 1 aliphatic carbocycles. The number of hydrogen-bond acceptors (Lipinski definition) is 1. The molecule has 0 amide bonds. The summed E-state index contributed by atoms with van der Waals surface area (Å²) in [6.45, 7) is 2.12. The van der Waals surface area contributed by atoms with Gasteiger partial charge in [-0.25, -0.2) is 0 Å². The van der Waals surface area contributed by atoms with E-state index in [0.29, 0.717) is 5.92 Å². The van der Waals surface area contributed by atoms with E-state index >= 15 is 0 Å². The lowest BCUT2D eigenvalue weighted by atomic mass is 9.90. The Morgan fingerprint density at radius 3 is 2.28 bits per heavy atom. The van der Waals surface area contributed by atoms with Gasteiger partial charge >= 0.3 is 0 Å². The van der Waals surface area contributed by atoms with Crippen molar-refractivity contribution in [2.75, 3.05) is 0 Å². The van der Waals surface area contributed by atoms with Gasteiger partial charge in [0.25, 0.3) is 0 Å². The van der Waals surface area contributed by atoms with Crippen LogP contribution in [-0.4, -0.2) is 11.2 Å². The first kappa shape index (κ1) is 13.6. The Morgan fingerprint density at radius 2 is 1.67 bits per heavy atom. The van der Waals surface area contributed by atoms with Crippen molar-refractivity contribution in [3.05, 3.63) is 35.4 Å². The predicted molar refractivity (Wildman–Crippen MR) is 76.7 cm³/mol. The fourth-order valence-electron chi connectivity index (χ4n) is 3.00. The topological polar surface area (TPSA) is 20.2 Å². The van der Waals surface area contributed by atoms with Crippen LogP contribution in [0.2, 0.25) is 0 Å². The lowest BCUT2D eigenvalue weighted by Gasteiger charge is -2.21. The van der Waals surface area contributed by atoms with E-state index in [4.69, 9.17) is 0 Å². The number of aliphatic hydroxyl groups is 1. The summed E-state index contributed by atoms with van der Waals surface area (Å²) in [4.78, 5) is 0. The summed E-state index contributed by atoms with van der Waals surface area (Å²) in [6.07, 6.45) is 9.65. The van der Waals surface area contributed by atoms with Gasteiger partial charge in [-0.15, -0.1) is 0 Å². The maximum absolute atomic E-state index is 10.3. The molecule has 1 atom stereocenters.